The number of hydrogen-bond acceptors (Lipinski definition) is 5. The molecule has 136 valence electrons. The summed E-state index contributed by atoms with van der Waals surface area (Å²) in [6.45, 7) is 3.01. The van der Waals surface area contributed by atoms with Crippen LogP contribution in [-0.4, -0.2) is 57.8 Å². The van der Waals surface area contributed by atoms with Crippen LogP contribution in [-0.2, 0) is 0 Å². The molecule has 2 saturated heterocycles. The van der Waals surface area contributed by atoms with E-state index in [4.69, 9.17) is 4.42 Å². The molecule has 0 aliphatic carbocycles. The predicted octanol–water partition coefficient (Wildman–Crippen LogP) is 2.23. The maximum atomic E-state index is 12.5. The highest BCUT2D eigenvalue weighted by Crippen LogP contribution is 2.41. The van der Waals surface area contributed by atoms with Crippen molar-refractivity contribution in [3.63, 3.8) is 0 Å². The van der Waals surface area contributed by atoms with Gasteiger partial charge in [0.05, 0.1) is 18.0 Å². The number of likely N-dealkylation sites (tertiary alicyclic amines) is 2. The first-order valence-electron chi connectivity index (χ1n) is 9.04. The van der Waals surface area contributed by atoms with Crippen molar-refractivity contribution in [3.8, 4) is 0 Å². The Hall–Kier alpha value is -2.70. The lowest BCUT2D eigenvalue weighted by Gasteiger charge is -2.46. The Bertz CT molecular complexity index is 757. The van der Waals surface area contributed by atoms with Gasteiger partial charge in [-0.1, -0.05) is 0 Å². The third-order valence-electron chi connectivity index (χ3n) is 5.77. The van der Waals surface area contributed by atoms with Crippen LogP contribution in [0.15, 0.2) is 41.6 Å². The molecule has 2 aromatic rings. The van der Waals surface area contributed by atoms with E-state index < -0.39 is 0 Å². The van der Waals surface area contributed by atoms with Crippen LogP contribution in [0.4, 0.5) is 0 Å². The van der Waals surface area contributed by atoms with Crippen LogP contribution in [0.3, 0.4) is 0 Å². The SMILES string of the molecule is O=C(c1ccoc1)N1CCC2(CC1)CCN(C(=O)c1cnccn1)CC2. The van der Waals surface area contributed by atoms with Gasteiger partial charge in [-0.2, -0.15) is 0 Å². The Labute approximate surface area is 152 Å². The molecule has 2 fully saturated rings. The van der Waals surface area contributed by atoms with Crippen LogP contribution in [0, 0.1) is 5.41 Å². The molecule has 0 aromatic carbocycles. The summed E-state index contributed by atoms with van der Waals surface area (Å²) in [6, 6.07) is 1.71. The molecule has 0 unspecified atom stereocenters. The van der Waals surface area contributed by atoms with E-state index in [1.807, 2.05) is 9.80 Å². The molecule has 0 atom stereocenters. The number of furan rings is 1. The summed E-state index contributed by atoms with van der Waals surface area (Å²) in [7, 11) is 0. The van der Waals surface area contributed by atoms with Crippen molar-refractivity contribution in [1.82, 2.24) is 19.8 Å². The Morgan fingerprint density at radius 3 is 2.15 bits per heavy atom. The van der Waals surface area contributed by atoms with Crippen molar-refractivity contribution < 1.29 is 14.0 Å². The third kappa shape index (κ3) is 3.21. The average Bonchev–Trinajstić information content (AvgIpc) is 3.24. The molecule has 1 spiro atoms. The quantitative estimate of drug-likeness (QED) is 0.826. The van der Waals surface area contributed by atoms with Gasteiger partial charge in [-0.05, 0) is 37.2 Å². The topological polar surface area (TPSA) is 79.5 Å². The second kappa shape index (κ2) is 6.90. The van der Waals surface area contributed by atoms with Crippen molar-refractivity contribution in [2.75, 3.05) is 26.2 Å². The molecule has 0 radical (unpaired) electrons. The van der Waals surface area contributed by atoms with Crippen LogP contribution in [0.5, 0.6) is 0 Å². The number of carbonyl (C=O) groups excluding carboxylic acids is 2. The highest BCUT2D eigenvalue weighted by atomic mass is 16.3. The number of hydrogen-bond donors (Lipinski definition) is 0. The van der Waals surface area contributed by atoms with E-state index in [-0.39, 0.29) is 17.2 Å². The van der Waals surface area contributed by atoms with Crippen molar-refractivity contribution in [3.05, 3.63) is 48.4 Å². The summed E-state index contributed by atoms with van der Waals surface area (Å²) in [5, 5.41) is 0. The van der Waals surface area contributed by atoms with Crippen molar-refractivity contribution in [2.24, 2.45) is 5.41 Å². The monoisotopic (exact) mass is 354 g/mol. The molecule has 7 nitrogen and oxygen atoms in total. The van der Waals surface area contributed by atoms with Gasteiger partial charge in [0.15, 0.2) is 0 Å². The normalized spacial score (nSPS) is 19.5. The molecule has 2 aromatic heterocycles. The fourth-order valence-corrected chi connectivity index (χ4v) is 4.01. The minimum absolute atomic E-state index is 0.0412. The molecule has 2 amide bonds. The van der Waals surface area contributed by atoms with Gasteiger partial charge in [0.25, 0.3) is 11.8 Å². The van der Waals surface area contributed by atoms with E-state index in [0.29, 0.717) is 11.3 Å². The highest BCUT2D eigenvalue weighted by Gasteiger charge is 2.39. The fraction of sp³-hybridized carbons (Fsp3) is 0.474. The lowest BCUT2D eigenvalue weighted by atomic mass is 9.71. The zero-order chi connectivity index (χ0) is 18.0. The Morgan fingerprint density at radius 2 is 1.62 bits per heavy atom. The largest absolute Gasteiger partial charge is 0.472 e. The summed E-state index contributed by atoms with van der Waals surface area (Å²) in [5.74, 6) is 0.00406. The number of aromatic nitrogens is 2. The Kier molecular flexibility index (Phi) is 4.44. The Morgan fingerprint density at radius 1 is 0.962 bits per heavy atom. The van der Waals surface area contributed by atoms with Crippen LogP contribution < -0.4 is 0 Å². The minimum atomic E-state index is -0.0412. The molecule has 26 heavy (non-hydrogen) atoms. The summed E-state index contributed by atoms with van der Waals surface area (Å²) in [6.07, 6.45) is 11.6. The van der Waals surface area contributed by atoms with Crippen molar-refractivity contribution in [1.29, 1.82) is 0 Å². The molecular formula is C19H22N4O3. The summed E-state index contributed by atoms with van der Waals surface area (Å²) in [4.78, 5) is 36.8. The molecule has 2 aliphatic heterocycles. The van der Waals surface area contributed by atoms with E-state index in [1.165, 1.54) is 18.7 Å². The minimum Gasteiger partial charge on any atom is -0.472 e. The number of carbonyl (C=O) groups is 2. The van der Waals surface area contributed by atoms with Crippen LogP contribution in [0.2, 0.25) is 0 Å². The number of piperidine rings is 2. The second-order valence-corrected chi connectivity index (χ2v) is 7.19. The van der Waals surface area contributed by atoms with Gasteiger partial charge in [-0.25, -0.2) is 4.98 Å². The molecule has 7 heteroatoms. The molecule has 4 heterocycles. The van der Waals surface area contributed by atoms with Gasteiger partial charge < -0.3 is 14.2 Å². The average molecular weight is 354 g/mol. The van der Waals surface area contributed by atoms with E-state index >= 15 is 0 Å². The first-order valence-corrected chi connectivity index (χ1v) is 9.04. The first-order chi connectivity index (χ1) is 12.7. The maximum absolute atomic E-state index is 12.5. The summed E-state index contributed by atoms with van der Waals surface area (Å²) < 4.78 is 5.01. The molecular weight excluding hydrogens is 332 g/mol. The van der Waals surface area contributed by atoms with Gasteiger partial charge >= 0.3 is 0 Å². The zero-order valence-corrected chi connectivity index (χ0v) is 14.6. The lowest BCUT2D eigenvalue weighted by Crippen LogP contribution is -2.49. The molecule has 0 N–H and O–H groups in total. The van der Waals surface area contributed by atoms with E-state index in [9.17, 15) is 9.59 Å². The van der Waals surface area contributed by atoms with Gasteiger partial charge in [0.2, 0.25) is 0 Å². The third-order valence-corrected chi connectivity index (χ3v) is 5.77. The molecule has 4 rings (SSSR count). The zero-order valence-electron chi connectivity index (χ0n) is 14.6. The van der Waals surface area contributed by atoms with Crippen LogP contribution in [0.1, 0.15) is 46.5 Å². The predicted molar refractivity (Wildman–Crippen MR) is 93.4 cm³/mol. The first kappa shape index (κ1) is 16.8. The fourth-order valence-electron chi connectivity index (χ4n) is 4.01. The lowest BCUT2D eigenvalue weighted by molar-refractivity contribution is 0.0278. The van der Waals surface area contributed by atoms with Gasteiger partial charge in [0.1, 0.15) is 12.0 Å². The van der Waals surface area contributed by atoms with E-state index in [0.717, 1.165) is 51.9 Å². The highest BCUT2D eigenvalue weighted by molar-refractivity contribution is 5.94. The second-order valence-electron chi connectivity index (χ2n) is 7.19. The van der Waals surface area contributed by atoms with Crippen LogP contribution in [0.25, 0.3) is 0 Å². The smallest absolute Gasteiger partial charge is 0.274 e. The van der Waals surface area contributed by atoms with E-state index in [2.05, 4.69) is 9.97 Å². The molecule has 0 saturated carbocycles. The number of nitrogens with zero attached hydrogens (tertiary/aromatic N) is 4. The Balaban J connectivity index is 1.32. The number of amides is 2. The maximum Gasteiger partial charge on any atom is 0.274 e. The van der Waals surface area contributed by atoms with Gasteiger partial charge in [0, 0.05) is 38.6 Å². The molecule has 2 aliphatic rings. The summed E-state index contributed by atoms with van der Waals surface area (Å²) >= 11 is 0. The standard InChI is InChI=1S/C19H22N4O3/c24-17(15-1-12-26-14-15)22-8-2-19(3-9-22)4-10-23(11-5-19)18(25)16-13-20-6-7-21-16/h1,6-7,12-14H,2-5,8-11H2. The molecule has 0 bridgehead atoms. The van der Waals surface area contributed by atoms with Crippen molar-refractivity contribution >= 4 is 11.8 Å². The van der Waals surface area contributed by atoms with Crippen molar-refractivity contribution in [2.45, 2.75) is 25.7 Å². The van der Waals surface area contributed by atoms with Crippen LogP contribution >= 0.6 is 0 Å². The number of rotatable bonds is 2. The van der Waals surface area contributed by atoms with Gasteiger partial charge in [-0.3, -0.25) is 14.6 Å². The van der Waals surface area contributed by atoms with E-state index in [1.54, 1.807) is 18.5 Å². The summed E-state index contributed by atoms with van der Waals surface area (Å²) in [5.41, 5.74) is 1.26. The van der Waals surface area contributed by atoms with Gasteiger partial charge in [-0.15, -0.1) is 0 Å².